The van der Waals surface area contributed by atoms with Crippen molar-refractivity contribution in [2.24, 2.45) is 5.10 Å². The maximum atomic E-state index is 12.5. The minimum absolute atomic E-state index is 0.0205. The SMILES string of the molecule is CC(C)(C)c1ccc(C(=O)Oc2ccc(/C=N/NC(=O)Cc3ccc(Br)c4ccccc34)cc2)cc1. The van der Waals surface area contributed by atoms with Crippen molar-refractivity contribution < 1.29 is 14.3 Å². The van der Waals surface area contributed by atoms with Gasteiger partial charge in [-0.2, -0.15) is 5.10 Å². The average molecular weight is 543 g/mol. The number of benzene rings is 4. The lowest BCUT2D eigenvalue weighted by Gasteiger charge is -2.18. The predicted octanol–water partition coefficient (Wildman–Crippen LogP) is 6.81. The molecule has 4 aromatic rings. The number of rotatable bonds is 6. The van der Waals surface area contributed by atoms with Crippen LogP contribution >= 0.6 is 15.9 Å². The van der Waals surface area contributed by atoms with Crippen LogP contribution in [0.25, 0.3) is 10.8 Å². The van der Waals surface area contributed by atoms with Crippen molar-refractivity contribution in [2.45, 2.75) is 32.6 Å². The molecule has 4 aromatic carbocycles. The molecule has 0 heterocycles. The number of carbonyl (C=O) groups excluding carboxylic acids is 2. The Hall–Kier alpha value is -3.77. The molecule has 0 aromatic heterocycles. The number of hydrogen-bond acceptors (Lipinski definition) is 4. The molecular weight excluding hydrogens is 516 g/mol. The summed E-state index contributed by atoms with van der Waals surface area (Å²) < 4.78 is 6.47. The predicted molar refractivity (Wildman–Crippen MR) is 148 cm³/mol. The third-order valence-corrected chi connectivity index (χ3v) is 6.48. The molecule has 6 heteroatoms. The van der Waals surface area contributed by atoms with Crippen LogP contribution < -0.4 is 10.2 Å². The van der Waals surface area contributed by atoms with E-state index in [4.69, 9.17) is 4.74 Å². The molecule has 0 saturated carbocycles. The summed E-state index contributed by atoms with van der Waals surface area (Å²) in [5.74, 6) is -0.186. The van der Waals surface area contributed by atoms with Gasteiger partial charge in [-0.1, -0.05) is 79.2 Å². The zero-order valence-electron chi connectivity index (χ0n) is 20.4. The highest BCUT2D eigenvalue weighted by Gasteiger charge is 2.15. The van der Waals surface area contributed by atoms with E-state index in [1.54, 1.807) is 42.6 Å². The molecule has 0 radical (unpaired) electrons. The number of nitrogens with one attached hydrogen (secondary N) is 1. The van der Waals surface area contributed by atoms with Gasteiger partial charge in [-0.3, -0.25) is 4.79 Å². The van der Waals surface area contributed by atoms with E-state index < -0.39 is 5.97 Å². The average Bonchev–Trinajstić information content (AvgIpc) is 2.86. The summed E-state index contributed by atoms with van der Waals surface area (Å²) in [4.78, 5) is 24.9. The minimum Gasteiger partial charge on any atom is -0.423 e. The second kappa shape index (κ2) is 10.9. The van der Waals surface area contributed by atoms with Crippen LogP contribution in [-0.2, 0) is 16.6 Å². The normalized spacial score (nSPS) is 11.6. The molecule has 0 unspecified atom stereocenters. The Labute approximate surface area is 219 Å². The third-order valence-electron chi connectivity index (χ3n) is 5.79. The summed E-state index contributed by atoms with van der Waals surface area (Å²) in [5, 5.41) is 6.15. The molecule has 0 fully saturated rings. The fraction of sp³-hybridized carbons (Fsp3) is 0.167. The van der Waals surface area contributed by atoms with Gasteiger partial charge in [0.25, 0.3) is 0 Å². The van der Waals surface area contributed by atoms with Crippen molar-refractivity contribution in [3.05, 3.63) is 112 Å². The van der Waals surface area contributed by atoms with Crippen molar-refractivity contribution in [3.63, 3.8) is 0 Å². The molecule has 0 aliphatic carbocycles. The van der Waals surface area contributed by atoms with Crippen molar-refractivity contribution in [1.29, 1.82) is 0 Å². The number of fused-ring (bicyclic) bond motifs is 1. The molecule has 5 nitrogen and oxygen atoms in total. The molecule has 36 heavy (non-hydrogen) atoms. The highest BCUT2D eigenvalue weighted by atomic mass is 79.9. The Morgan fingerprint density at radius 1 is 0.889 bits per heavy atom. The van der Waals surface area contributed by atoms with Gasteiger partial charge in [0.2, 0.25) is 5.91 Å². The van der Waals surface area contributed by atoms with Crippen LogP contribution in [0.5, 0.6) is 5.75 Å². The summed E-state index contributed by atoms with van der Waals surface area (Å²) in [6.07, 6.45) is 1.77. The number of esters is 1. The highest BCUT2D eigenvalue weighted by Crippen LogP contribution is 2.27. The summed E-state index contributed by atoms with van der Waals surface area (Å²) in [6.45, 7) is 6.38. The van der Waals surface area contributed by atoms with Gasteiger partial charge < -0.3 is 4.74 Å². The number of halogens is 1. The van der Waals surface area contributed by atoms with Crippen LogP contribution in [0.1, 0.15) is 47.8 Å². The van der Waals surface area contributed by atoms with Gasteiger partial charge in [0.15, 0.2) is 0 Å². The lowest BCUT2D eigenvalue weighted by atomic mass is 9.87. The molecule has 4 rings (SSSR count). The number of carbonyl (C=O) groups is 2. The first-order valence-corrected chi connectivity index (χ1v) is 12.4. The molecule has 182 valence electrons. The van der Waals surface area contributed by atoms with Gasteiger partial charge in [0.05, 0.1) is 18.2 Å². The Morgan fingerprint density at radius 2 is 1.56 bits per heavy atom. The first-order valence-electron chi connectivity index (χ1n) is 11.6. The molecule has 1 amide bonds. The van der Waals surface area contributed by atoms with E-state index >= 15 is 0 Å². The largest absolute Gasteiger partial charge is 0.423 e. The number of hydrogen-bond donors (Lipinski definition) is 1. The van der Waals surface area contributed by atoms with Gasteiger partial charge in [0.1, 0.15) is 5.75 Å². The monoisotopic (exact) mass is 542 g/mol. The zero-order chi connectivity index (χ0) is 25.7. The van der Waals surface area contributed by atoms with Gasteiger partial charge in [-0.15, -0.1) is 0 Å². The molecule has 1 N–H and O–H groups in total. The molecule has 0 aliphatic heterocycles. The van der Waals surface area contributed by atoms with E-state index in [9.17, 15) is 9.59 Å². The van der Waals surface area contributed by atoms with E-state index in [1.807, 2.05) is 48.5 Å². The zero-order valence-corrected chi connectivity index (χ0v) is 22.0. The summed E-state index contributed by atoms with van der Waals surface area (Å²) in [5.41, 5.74) is 5.94. The van der Waals surface area contributed by atoms with Crippen molar-refractivity contribution >= 4 is 44.8 Å². The van der Waals surface area contributed by atoms with Crippen LogP contribution in [0.2, 0.25) is 0 Å². The van der Waals surface area contributed by atoms with Crippen LogP contribution in [0.15, 0.2) is 94.5 Å². The first-order chi connectivity index (χ1) is 17.2. The second-order valence-electron chi connectivity index (χ2n) is 9.51. The number of hydrazone groups is 1. The molecular formula is C30H27BrN2O3. The Morgan fingerprint density at radius 3 is 2.22 bits per heavy atom. The van der Waals surface area contributed by atoms with Gasteiger partial charge in [-0.05, 0) is 75.3 Å². The standard InChI is InChI=1S/C30H27BrN2O3/c1-30(2,3)23-13-10-21(11-14-23)29(35)36-24-15-8-20(9-16-24)19-32-33-28(34)18-22-12-17-27(31)26-7-5-4-6-25(22)26/h4-17,19H,18H2,1-3H3,(H,33,34)/b32-19+. The maximum absolute atomic E-state index is 12.5. The molecule has 0 atom stereocenters. The lowest BCUT2D eigenvalue weighted by Crippen LogP contribution is -2.19. The number of nitrogens with zero attached hydrogens (tertiary/aromatic N) is 1. The Balaban J connectivity index is 1.32. The topological polar surface area (TPSA) is 67.8 Å². The summed E-state index contributed by atoms with van der Waals surface area (Å²) >= 11 is 3.55. The van der Waals surface area contributed by atoms with E-state index in [0.717, 1.165) is 31.9 Å². The van der Waals surface area contributed by atoms with Crippen molar-refractivity contribution in [1.82, 2.24) is 5.43 Å². The van der Waals surface area contributed by atoms with Crippen LogP contribution in [-0.4, -0.2) is 18.1 Å². The fourth-order valence-electron chi connectivity index (χ4n) is 3.76. The van der Waals surface area contributed by atoms with Crippen LogP contribution in [0, 0.1) is 0 Å². The molecule has 0 saturated heterocycles. The van der Waals surface area contributed by atoms with Crippen molar-refractivity contribution in [3.8, 4) is 5.75 Å². The summed E-state index contributed by atoms with van der Waals surface area (Å²) in [6, 6.07) is 26.2. The van der Waals surface area contributed by atoms with Gasteiger partial charge in [0, 0.05) is 4.47 Å². The molecule has 0 aliphatic rings. The van der Waals surface area contributed by atoms with E-state index in [0.29, 0.717) is 11.3 Å². The smallest absolute Gasteiger partial charge is 0.343 e. The fourth-order valence-corrected chi connectivity index (χ4v) is 4.24. The first kappa shape index (κ1) is 25.3. The third kappa shape index (κ3) is 6.26. The van der Waals surface area contributed by atoms with Crippen LogP contribution in [0.3, 0.4) is 0 Å². The van der Waals surface area contributed by atoms with Gasteiger partial charge >= 0.3 is 5.97 Å². The molecule has 0 spiro atoms. The van der Waals surface area contributed by atoms with Crippen LogP contribution in [0.4, 0.5) is 0 Å². The second-order valence-corrected chi connectivity index (χ2v) is 10.4. The minimum atomic E-state index is -0.412. The lowest BCUT2D eigenvalue weighted by molar-refractivity contribution is -0.120. The molecule has 0 bridgehead atoms. The quantitative estimate of drug-likeness (QED) is 0.126. The van der Waals surface area contributed by atoms with E-state index in [1.165, 1.54) is 0 Å². The Kier molecular flexibility index (Phi) is 7.65. The van der Waals surface area contributed by atoms with Crippen molar-refractivity contribution in [2.75, 3.05) is 0 Å². The number of ether oxygens (including phenoxy) is 1. The van der Waals surface area contributed by atoms with E-state index in [2.05, 4.69) is 47.2 Å². The maximum Gasteiger partial charge on any atom is 0.343 e. The Bertz CT molecular complexity index is 1420. The van der Waals surface area contributed by atoms with E-state index in [-0.39, 0.29) is 17.7 Å². The highest BCUT2D eigenvalue weighted by molar-refractivity contribution is 9.10. The number of amides is 1. The summed E-state index contributed by atoms with van der Waals surface area (Å²) in [7, 11) is 0. The van der Waals surface area contributed by atoms with Gasteiger partial charge in [-0.25, -0.2) is 10.2 Å².